The van der Waals surface area contributed by atoms with E-state index in [2.05, 4.69) is 27.4 Å². The summed E-state index contributed by atoms with van der Waals surface area (Å²) < 4.78 is 0. The number of fused-ring (bicyclic) bond motifs is 1. The van der Waals surface area contributed by atoms with E-state index in [-0.39, 0.29) is 29.8 Å². The third-order valence-electron chi connectivity index (χ3n) is 7.28. The minimum atomic E-state index is -0.646. The lowest BCUT2D eigenvalue weighted by atomic mass is 9.97. The molecule has 37 heavy (non-hydrogen) atoms. The van der Waals surface area contributed by atoms with Crippen molar-refractivity contribution in [3.8, 4) is 0 Å². The van der Waals surface area contributed by atoms with Gasteiger partial charge in [0, 0.05) is 25.2 Å². The number of anilines is 1. The number of rotatable bonds is 7. The summed E-state index contributed by atoms with van der Waals surface area (Å²) in [5.74, 6) is -0.226. The van der Waals surface area contributed by atoms with E-state index in [1.165, 1.54) is 6.08 Å². The van der Waals surface area contributed by atoms with Crippen molar-refractivity contribution in [2.45, 2.75) is 44.8 Å². The number of carbonyl (C=O) groups excluding carboxylic acids is 3. The summed E-state index contributed by atoms with van der Waals surface area (Å²) in [5, 5.41) is 13.6. The second-order valence-electron chi connectivity index (χ2n) is 10.6. The molecule has 10 heteroatoms. The van der Waals surface area contributed by atoms with E-state index in [4.69, 9.17) is 0 Å². The van der Waals surface area contributed by atoms with Crippen molar-refractivity contribution in [3.05, 3.63) is 59.8 Å². The number of amides is 4. The summed E-state index contributed by atoms with van der Waals surface area (Å²) in [5.41, 5.74) is 1.99. The number of likely N-dealkylation sites (tertiary alicyclic amines) is 1. The van der Waals surface area contributed by atoms with E-state index < -0.39 is 5.54 Å². The molecule has 0 bridgehead atoms. The van der Waals surface area contributed by atoms with Crippen LogP contribution in [-0.4, -0.2) is 76.5 Å². The molecule has 0 unspecified atom stereocenters. The number of carbonyl (C=O) groups is 3. The standard InChI is InChI=1S/C27H37N7O3/c1-6-22(35)33-14-10-13-19(15-33)25(36)29-24-20-16-34(27(2,3)23(20)30-31-24)26(37)28-21(17-32(4)5)18-11-8-7-9-12-18/h6-9,11-12,19,21H,1,10,13-17H2,2-5H3,(H,28,37)(H2,29,30,31,36)/t19-,21+/m0/s1. The largest absolute Gasteiger partial charge is 0.338 e. The van der Waals surface area contributed by atoms with E-state index in [9.17, 15) is 14.4 Å². The molecule has 1 fully saturated rings. The van der Waals surface area contributed by atoms with Crippen LogP contribution in [-0.2, 0) is 21.7 Å². The molecule has 0 saturated carbocycles. The quantitative estimate of drug-likeness (QED) is 0.499. The molecule has 198 valence electrons. The maximum atomic E-state index is 13.5. The zero-order valence-corrected chi connectivity index (χ0v) is 22.1. The van der Waals surface area contributed by atoms with Gasteiger partial charge < -0.3 is 25.3 Å². The lowest BCUT2D eigenvalue weighted by molar-refractivity contribution is -0.130. The Morgan fingerprint density at radius 1 is 1.27 bits per heavy atom. The Bertz CT molecular complexity index is 1160. The molecule has 4 rings (SSSR count). The number of aromatic amines is 1. The Labute approximate surface area is 218 Å². The zero-order valence-electron chi connectivity index (χ0n) is 22.1. The van der Waals surface area contributed by atoms with Crippen molar-refractivity contribution in [2.75, 3.05) is 39.0 Å². The minimum absolute atomic E-state index is 0.162. The molecule has 3 heterocycles. The Hall–Kier alpha value is -3.66. The summed E-state index contributed by atoms with van der Waals surface area (Å²) in [6.45, 7) is 9.43. The van der Waals surface area contributed by atoms with Gasteiger partial charge in [0.2, 0.25) is 11.8 Å². The van der Waals surface area contributed by atoms with Gasteiger partial charge in [-0.2, -0.15) is 5.10 Å². The predicted octanol–water partition coefficient (Wildman–Crippen LogP) is 2.84. The van der Waals surface area contributed by atoms with Crippen molar-refractivity contribution in [1.29, 1.82) is 0 Å². The molecule has 0 aliphatic carbocycles. The minimum Gasteiger partial charge on any atom is -0.338 e. The van der Waals surface area contributed by atoms with Crippen LogP contribution in [0.5, 0.6) is 0 Å². The van der Waals surface area contributed by atoms with Crippen molar-refractivity contribution in [3.63, 3.8) is 0 Å². The highest BCUT2D eigenvalue weighted by atomic mass is 16.2. The van der Waals surface area contributed by atoms with Gasteiger partial charge in [-0.05, 0) is 52.4 Å². The molecule has 2 aliphatic heterocycles. The number of hydrogen-bond acceptors (Lipinski definition) is 5. The van der Waals surface area contributed by atoms with Crippen LogP contribution in [0.3, 0.4) is 0 Å². The lowest BCUT2D eigenvalue weighted by Crippen LogP contribution is -2.48. The summed E-state index contributed by atoms with van der Waals surface area (Å²) in [6, 6.07) is 9.55. The molecule has 1 aromatic heterocycles. The average molecular weight is 508 g/mol. The molecule has 0 radical (unpaired) electrons. The predicted molar refractivity (Wildman–Crippen MR) is 142 cm³/mol. The number of nitrogens with one attached hydrogen (secondary N) is 3. The van der Waals surface area contributed by atoms with Gasteiger partial charge in [0.15, 0.2) is 5.82 Å². The number of likely N-dealkylation sites (N-methyl/N-ethyl adjacent to an activating group) is 1. The van der Waals surface area contributed by atoms with Gasteiger partial charge in [0.1, 0.15) is 0 Å². The Morgan fingerprint density at radius 3 is 2.68 bits per heavy atom. The Morgan fingerprint density at radius 2 is 2.00 bits per heavy atom. The number of nitrogens with zero attached hydrogens (tertiary/aromatic N) is 4. The molecule has 1 saturated heterocycles. The van der Waals surface area contributed by atoms with Gasteiger partial charge in [-0.15, -0.1) is 0 Å². The molecule has 2 aliphatic rings. The second-order valence-corrected chi connectivity index (χ2v) is 10.6. The topological polar surface area (TPSA) is 114 Å². The van der Waals surface area contributed by atoms with Crippen LogP contribution in [0, 0.1) is 5.92 Å². The fourth-order valence-corrected chi connectivity index (χ4v) is 5.20. The van der Waals surface area contributed by atoms with Crippen LogP contribution in [0.15, 0.2) is 43.0 Å². The van der Waals surface area contributed by atoms with E-state index in [0.29, 0.717) is 38.4 Å². The number of benzene rings is 1. The van der Waals surface area contributed by atoms with Crippen molar-refractivity contribution < 1.29 is 14.4 Å². The van der Waals surface area contributed by atoms with Crippen LogP contribution >= 0.6 is 0 Å². The number of aromatic nitrogens is 2. The lowest BCUT2D eigenvalue weighted by Gasteiger charge is -2.34. The van der Waals surface area contributed by atoms with Crippen LogP contribution in [0.1, 0.15) is 49.6 Å². The van der Waals surface area contributed by atoms with Crippen LogP contribution < -0.4 is 10.6 Å². The van der Waals surface area contributed by atoms with Crippen LogP contribution in [0.2, 0.25) is 0 Å². The highest BCUT2D eigenvalue weighted by Gasteiger charge is 2.44. The van der Waals surface area contributed by atoms with Gasteiger partial charge >= 0.3 is 6.03 Å². The first-order valence-electron chi connectivity index (χ1n) is 12.7. The SMILES string of the molecule is C=CC(=O)N1CCC[C@H](C(=O)Nc2n[nH]c3c2CN(C(=O)N[C@H](CN(C)C)c2ccccc2)C3(C)C)C1. The third kappa shape index (κ3) is 5.53. The molecular formula is C27H37N7O3. The fraction of sp³-hybridized carbons (Fsp3) is 0.481. The van der Waals surface area contributed by atoms with Crippen LogP contribution in [0.25, 0.3) is 0 Å². The first kappa shape index (κ1) is 26.4. The molecule has 1 aromatic carbocycles. The maximum absolute atomic E-state index is 13.5. The monoisotopic (exact) mass is 507 g/mol. The van der Waals surface area contributed by atoms with Crippen LogP contribution in [0.4, 0.5) is 10.6 Å². The number of piperidine rings is 1. The van der Waals surface area contributed by atoms with E-state index in [0.717, 1.165) is 23.2 Å². The van der Waals surface area contributed by atoms with E-state index in [1.54, 1.807) is 9.80 Å². The molecule has 2 atom stereocenters. The highest BCUT2D eigenvalue weighted by Crippen LogP contribution is 2.40. The van der Waals surface area contributed by atoms with Gasteiger partial charge in [-0.25, -0.2) is 4.79 Å². The molecular weight excluding hydrogens is 470 g/mol. The van der Waals surface area contributed by atoms with Gasteiger partial charge in [-0.1, -0.05) is 36.9 Å². The number of hydrogen-bond donors (Lipinski definition) is 3. The van der Waals surface area contributed by atoms with Crippen molar-refractivity contribution >= 4 is 23.7 Å². The number of urea groups is 1. The van der Waals surface area contributed by atoms with Gasteiger partial charge in [0.05, 0.1) is 29.7 Å². The second kappa shape index (κ2) is 10.8. The van der Waals surface area contributed by atoms with Crippen molar-refractivity contribution in [2.24, 2.45) is 5.92 Å². The molecule has 0 spiro atoms. The fourth-order valence-electron chi connectivity index (χ4n) is 5.20. The summed E-state index contributed by atoms with van der Waals surface area (Å²) in [7, 11) is 3.96. The summed E-state index contributed by atoms with van der Waals surface area (Å²) >= 11 is 0. The average Bonchev–Trinajstić information content (AvgIpc) is 3.41. The van der Waals surface area contributed by atoms with E-state index >= 15 is 0 Å². The zero-order chi connectivity index (χ0) is 26.7. The van der Waals surface area contributed by atoms with Gasteiger partial charge in [-0.3, -0.25) is 14.7 Å². The maximum Gasteiger partial charge on any atom is 0.319 e. The number of H-pyrrole nitrogens is 1. The molecule has 10 nitrogen and oxygen atoms in total. The Kier molecular flexibility index (Phi) is 7.68. The first-order chi connectivity index (χ1) is 17.6. The first-order valence-corrected chi connectivity index (χ1v) is 12.7. The molecule has 4 amide bonds. The summed E-state index contributed by atoms with van der Waals surface area (Å²) in [6.07, 6.45) is 2.74. The van der Waals surface area contributed by atoms with E-state index in [1.807, 2.05) is 63.2 Å². The normalized spacial score (nSPS) is 19.3. The summed E-state index contributed by atoms with van der Waals surface area (Å²) in [4.78, 5) is 44.1. The third-order valence-corrected chi connectivity index (χ3v) is 7.28. The molecule has 3 N–H and O–H groups in total. The highest BCUT2D eigenvalue weighted by molar-refractivity contribution is 5.94. The van der Waals surface area contributed by atoms with Gasteiger partial charge in [0.25, 0.3) is 0 Å². The van der Waals surface area contributed by atoms with Crippen molar-refractivity contribution in [1.82, 2.24) is 30.2 Å². The smallest absolute Gasteiger partial charge is 0.319 e. The Balaban J connectivity index is 1.47. The molecule has 2 aromatic rings.